The average molecular weight is 513 g/mol. The van der Waals surface area contributed by atoms with Crippen molar-refractivity contribution >= 4 is 29.9 Å². The highest BCUT2D eigenvalue weighted by atomic mass is 127. The Balaban J connectivity index is 0.00000420. The zero-order valence-corrected chi connectivity index (χ0v) is 20.2. The van der Waals surface area contributed by atoms with Crippen LogP contribution in [0.15, 0.2) is 47.7 Å². The molecule has 1 unspecified atom stereocenters. The van der Waals surface area contributed by atoms with E-state index in [1.807, 2.05) is 41.2 Å². The molecule has 6 nitrogen and oxygen atoms in total. The summed E-state index contributed by atoms with van der Waals surface area (Å²) in [5, 5.41) is 20.4. The smallest absolute Gasteiger partial charge is 0.191 e. The van der Waals surface area contributed by atoms with Gasteiger partial charge in [0.15, 0.2) is 5.96 Å². The lowest BCUT2D eigenvalue weighted by Crippen LogP contribution is -2.38. The molecule has 29 heavy (non-hydrogen) atoms. The molecule has 0 aliphatic rings. The largest absolute Gasteiger partial charge is 0.396 e. The third-order valence-electron chi connectivity index (χ3n) is 4.56. The number of para-hydroxylation sites is 1. The zero-order chi connectivity index (χ0) is 20.2. The minimum atomic E-state index is 0. The fraction of sp³-hybridized carbons (Fsp3) is 0.545. The highest BCUT2D eigenvalue weighted by Gasteiger charge is 2.10. The molecule has 0 aliphatic carbocycles. The van der Waals surface area contributed by atoms with Crippen molar-refractivity contribution < 1.29 is 5.11 Å². The predicted molar refractivity (Wildman–Crippen MR) is 131 cm³/mol. The molecule has 0 saturated heterocycles. The lowest BCUT2D eigenvalue weighted by Gasteiger charge is -2.17. The van der Waals surface area contributed by atoms with Crippen LogP contribution in [0.1, 0.15) is 39.2 Å². The molecule has 7 heteroatoms. The van der Waals surface area contributed by atoms with Crippen molar-refractivity contribution in [1.82, 2.24) is 20.4 Å². The van der Waals surface area contributed by atoms with E-state index in [0.29, 0.717) is 11.8 Å². The molecule has 1 aromatic carbocycles. The number of halogens is 1. The molecule has 0 radical (unpaired) electrons. The van der Waals surface area contributed by atoms with E-state index in [1.54, 1.807) is 0 Å². The topological polar surface area (TPSA) is 74.5 Å². The van der Waals surface area contributed by atoms with Gasteiger partial charge < -0.3 is 15.7 Å². The summed E-state index contributed by atoms with van der Waals surface area (Å²) < 4.78 is 1.90. The van der Waals surface area contributed by atoms with Crippen molar-refractivity contribution in [2.45, 2.75) is 40.0 Å². The molecule has 1 atom stereocenters. The van der Waals surface area contributed by atoms with Crippen LogP contribution in [0.2, 0.25) is 0 Å². The van der Waals surface area contributed by atoms with Crippen LogP contribution in [0.5, 0.6) is 0 Å². The number of aliphatic imine (C=N–C) groups is 1. The Hall–Kier alpha value is -1.61. The minimum absolute atomic E-state index is 0. The molecule has 0 saturated carbocycles. The van der Waals surface area contributed by atoms with Crippen LogP contribution >= 0.6 is 24.0 Å². The van der Waals surface area contributed by atoms with Crippen LogP contribution in [-0.4, -0.2) is 47.1 Å². The summed E-state index contributed by atoms with van der Waals surface area (Å²) in [6.45, 7) is 9.08. The quantitative estimate of drug-likeness (QED) is 0.244. The maximum atomic E-state index is 9.28. The first-order valence-corrected chi connectivity index (χ1v) is 10.3. The fourth-order valence-electron chi connectivity index (χ4n) is 3.23. The van der Waals surface area contributed by atoms with Gasteiger partial charge in [-0.1, -0.05) is 32.0 Å². The highest BCUT2D eigenvalue weighted by Crippen LogP contribution is 2.15. The van der Waals surface area contributed by atoms with Crippen molar-refractivity contribution in [2.24, 2.45) is 16.8 Å². The molecule has 2 aromatic rings. The lowest BCUT2D eigenvalue weighted by molar-refractivity contribution is 0.245. The third-order valence-corrected chi connectivity index (χ3v) is 4.56. The maximum Gasteiger partial charge on any atom is 0.191 e. The van der Waals surface area contributed by atoms with Crippen LogP contribution in [0, 0.1) is 11.8 Å². The van der Waals surface area contributed by atoms with Crippen LogP contribution < -0.4 is 10.6 Å². The number of benzene rings is 1. The first-order chi connectivity index (χ1) is 13.6. The second kappa shape index (κ2) is 14.4. The van der Waals surface area contributed by atoms with Crippen molar-refractivity contribution in [2.75, 3.05) is 26.2 Å². The van der Waals surface area contributed by atoms with E-state index in [9.17, 15) is 5.11 Å². The van der Waals surface area contributed by atoms with Gasteiger partial charge in [0.1, 0.15) is 0 Å². The summed E-state index contributed by atoms with van der Waals surface area (Å²) >= 11 is 0. The van der Waals surface area contributed by atoms with E-state index >= 15 is 0 Å². The van der Waals surface area contributed by atoms with E-state index in [-0.39, 0.29) is 30.6 Å². The first-order valence-electron chi connectivity index (χ1n) is 10.3. The van der Waals surface area contributed by atoms with E-state index in [1.165, 1.54) is 5.56 Å². The number of guanidine groups is 1. The Kier molecular flexibility index (Phi) is 12.6. The Morgan fingerprint density at radius 2 is 1.97 bits per heavy atom. The molecule has 0 bridgehead atoms. The normalized spacial score (nSPS) is 12.5. The molecular weight excluding hydrogens is 477 g/mol. The van der Waals surface area contributed by atoms with Gasteiger partial charge in [0.25, 0.3) is 0 Å². The molecule has 0 fully saturated rings. The summed E-state index contributed by atoms with van der Waals surface area (Å²) in [5.41, 5.74) is 2.25. The molecule has 2 rings (SSSR count). The number of hydrogen-bond donors (Lipinski definition) is 3. The number of rotatable bonds is 11. The van der Waals surface area contributed by atoms with Gasteiger partial charge in [-0.15, -0.1) is 24.0 Å². The molecular formula is C22H36IN5O. The van der Waals surface area contributed by atoms with Gasteiger partial charge in [-0.3, -0.25) is 4.99 Å². The van der Waals surface area contributed by atoms with Gasteiger partial charge in [0, 0.05) is 32.4 Å². The first kappa shape index (κ1) is 25.4. The average Bonchev–Trinajstić information content (AvgIpc) is 3.15. The number of aliphatic hydroxyl groups is 1. The number of aliphatic hydroxyl groups excluding tert-OH is 1. The van der Waals surface area contributed by atoms with Gasteiger partial charge in [0.05, 0.1) is 11.9 Å². The standard InChI is InChI=1S/C22H35N5O.HI/c1-4-23-22(25-15-19(11-13-28)14-18(2)3)24-12-10-20-16-26-27(17-20)21-8-6-5-7-9-21;/h5-9,16-19,28H,4,10-15H2,1-3H3,(H2,23,24,25);1H. The van der Waals surface area contributed by atoms with Gasteiger partial charge >= 0.3 is 0 Å². The summed E-state index contributed by atoms with van der Waals surface area (Å²) in [6, 6.07) is 10.1. The van der Waals surface area contributed by atoms with E-state index in [4.69, 9.17) is 4.99 Å². The maximum absolute atomic E-state index is 9.28. The number of aromatic nitrogens is 2. The monoisotopic (exact) mass is 513 g/mol. The molecule has 1 aromatic heterocycles. The SMILES string of the molecule is CCNC(=NCC(CCO)CC(C)C)NCCc1cnn(-c2ccccc2)c1.I. The minimum Gasteiger partial charge on any atom is -0.396 e. The highest BCUT2D eigenvalue weighted by molar-refractivity contribution is 14.0. The Morgan fingerprint density at radius 3 is 2.62 bits per heavy atom. The summed E-state index contributed by atoms with van der Waals surface area (Å²) in [6.07, 6.45) is 6.75. The van der Waals surface area contributed by atoms with Crippen molar-refractivity contribution in [1.29, 1.82) is 0 Å². The van der Waals surface area contributed by atoms with Crippen LogP contribution in [0.3, 0.4) is 0 Å². The summed E-state index contributed by atoms with van der Waals surface area (Å²) in [4.78, 5) is 4.73. The van der Waals surface area contributed by atoms with Crippen molar-refractivity contribution in [3.8, 4) is 5.69 Å². The second-order valence-electron chi connectivity index (χ2n) is 7.53. The Labute approximate surface area is 192 Å². The van der Waals surface area contributed by atoms with Gasteiger partial charge in [0.2, 0.25) is 0 Å². The van der Waals surface area contributed by atoms with Crippen LogP contribution in [-0.2, 0) is 6.42 Å². The van der Waals surface area contributed by atoms with E-state index in [2.05, 4.69) is 42.7 Å². The third kappa shape index (κ3) is 9.62. The molecule has 3 N–H and O–H groups in total. The molecule has 162 valence electrons. The molecule has 0 spiro atoms. The van der Waals surface area contributed by atoms with Crippen molar-refractivity contribution in [3.63, 3.8) is 0 Å². The van der Waals surface area contributed by atoms with Crippen molar-refractivity contribution in [3.05, 3.63) is 48.3 Å². The summed E-state index contributed by atoms with van der Waals surface area (Å²) in [5.74, 6) is 1.87. The summed E-state index contributed by atoms with van der Waals surface area (Å²) in [7, 11) is 0. The van der Waals surface area contributed by atoms with E-state index in [0.717, 1.165) is 50.5 Å². The van der Waals surface area contributed by atoms with Gasteiger partial charge in [-0.05, 0) is 55.7 Å². The zero-order valence-electron chi connectivity index (χ0n) is 17.8. The molecule has 1 heterocycles. The Morgan fingerprint density at radius 1 is 1.21 bits per heavy atom. The van der Waals surface area contributed by atoms with Gasteiger partial charge in [-0.2, -0.15) is 5.10 Å². The number of nitrogens with one attached hydrogen (secondary N) is 2. The molecule has 0 amide bonds. The predicted octanol–water partition coefficient (Wildman–Crippen LogP) is 3.63. The fourth-order valence-corrected chi connectivity index (χ4v) is 3.23. The lowest BCUT2D eigenvalue weighted by atomic mass is 9.94. The van der Waals surface area contributed by atoms with Crippen LogP contribution in [0.25, 0.3) is 5.69 Å². The van der Waals surface area contributed by atoms with Gasteiger partial charge in [-0.25, -0.2) is 4.68 Å². The number of nitrogens with zero attached hydrogens (tertiary/aromatic N) is 3. The number of hydrogen-bond acceptors (Lipinski definition) is 3. The Bertz CT molecular complexity index is 702. The molecule has 0 aliphatic heterocycles. The van der Waals surface area contributed by atoms with Crippen LogP contribution in [0.4, 0.5) is 0 Å². The second-order valence-corrected chi connectivity index (χ2v) is 7.53. The van der Waals surface area contributed by atoms with E-state index < -0.39 is 0 Å².